The van der Waals surface area contributed by atoms with Crippen molar-refractivity contribution in [2.24, 2.45) is 0 Å². The first-order valence-corrected chi connectivity index (χ1v) is 7.01. The number of ether oxygens (including phenoxy) is 1. The van der Waals surface area contributed by atoms with Gasteiger partial charge in [0, 0.05) is 10.8 Å². The lowest BCUT2D eigenvalue weighted by Gasteiger charge is -2.19. The summed E-state index contributed by atoms with van der Waals surface area (Å²) in [5.74, 6) is -4.18. The SMILES string of the molecule is FC(F)(F)C(F)(F)CCCOc1cccc(CI)c1. The zero-order chi connectivity index (χ0) is 14.5. The molecule has 0 heterocycles. The van der Waals surface area contributed by atoms with Crippen LogP contribution in [0, 0.1) is 0 Å². The zero-order valence-electron chi connectivity index (χ0n) is 9.81. The summed E-state index contributed by atoms with van der Waals surface area (Å²) in [6.45, 7) is -0.170. The van der Waals surface area contributed by atoms with Crippen molar-refractivity contribution in [1.82, 2.24) is 0 Å². The van der Waals surface area contributed by atoms with Crippen LogP contribution in [0.1, 0.15) is 18.4 Å². The molecule has 0 spiro atoms. The molecule has 0 aromatic heterocycles. The Bertz CT molecular complexity index is 405. The first-order chi connectivity index (χ1) is 8.76. The summed E-state index contributed by atoms with van der Waals surface area (Å²) < 4.78 is 66.8. The molecule has 0 unspecified atom stereocenters. The molecule has 0 N–H and O–H groups in total. The predicted octanol–water partition coefficient (Wildman–Crippen LogP) is 4.98. The summed E-state index contributed by atoms with van der Waals surface area (Å²) in [6.07, 6.45) is -7.11. The lowest BCUT2D eigenvalue weighted by Crippen LogP contribution is -2.36. The summed E-state index contributed by atoms with van der Waals surface area (Å²) in [5, 5.41) is 0. The van der Waals surface area contributed by atoms with Gasteiger partial charge in [-0.1, -0.05) is 34.7 Å². The van der Waals surface area contributed by atoms with E-state index in [0.717, 1.165) is 9.99 Å². The van der Waals surface area contributed by atoms with E-state index in [2.05, 4.69) is 22.6 Å². The van der Waals surface area contributed by atoms with Gasteiger partial charge in [0.15, 0.2) is 0 Å². The lowest BCUT2D eigenvalue weighted by molar-refractivity contribution is -0.284. The van der Waals surface area contributed by atoms with Gasteiger partial charge < -0.3 is 4.74 Å². The second kappa shape index (κ2) is 6.71. The van der Waals surface area contributed by atoms with Crippen LogP contribution in [0.15, 0.2) is 24.3 Å². The molecule has 0 aliphatic rings. The highest BCUT2D eigenvalue weighted by Crippen LogP contribution is 2.38. The summed E-state index contributed by atoms with van der Waals surface area (Å²) in [6, 6.07) is 6.98. The van der Waals surface area contributed by atoms with Crippen LogP contribution in [0.25, 0.3) is 0 Å². The summed E-state index contributed by atoms with van der Waals surface area (Å²) in [5.41, 5.74) is 0.999. The van der Waals surface area contributed by atoms with Crippen molar-refractivity contribution in [3.8, 4) is 5.75 Å². The maximum absolute atomic E-state index is 12.6. The Balaban J connectivity index is 2.39. The van der Waals surface area contributed by atoms with Gasteiger partial charge in [-0.3, -0.25) is 0 Å². The number of hydrogen-bond acceptors (Lipinski definition) is 1. The molecule has 0 saturated heterocycles. The molecule has 0 amide bonds. The topological polar surface area (TPSA) is 9.23 Å². The summed E-state index contributed by atoms with van der Waals surface area (Å²) in [7, 11) is 0. The molecule has 0 aliphatic heterocycles. The van der Waals surface area contributed by atoms with Gasteiger partial charge in [0.25, 0.3) is 0 Å². The second-order valence-corrected chi connectivity index (χ2v) is 4.70. The Morgan fingerprint density at radius 2 is 1.79 bits per heavy atom. The minimum absolute atomic E-state index is 0.170. The summed E-state index contributed by atoms with van der Waals surface area (Å²) >= 11 is 2.15. The maximum atomic E-state index is 12.6. The van der Waals surface area contributed by atoms with Crippen LogP contribution in [-0.2, 0) is 4.43 Å². The third-order valence-electron chi connectivity index (χ3n) is 2.37. The van der Waals surface area contributed by atoms with Crippen LogP contribution in [0.4, 0.5) is 22.0 Å². The smallest absolute Gasteiger partial charge is 0.453 e. The van der Waals surface area contributed by atoms with E-state index >= 15 is 0 Å². The van der Waals surface area contributed by atoms with Crippen LogP contribution in [0.3, 0.4) is 0 Å². The van der Waals surface area contributed by atoms with E-state index in [-0.39, 0.29) is 13.0 Å². The highest BCUT2D eigenvalue weighted by atomic mass is 127. The molecule has 7 heteroatoms. The third kappa shape index (κ3) is 5.12. The van der Waals surface area contributed by atoms with Crippen LogP contribution in [0.2, 0.25) is 0 Å². The number of benzene rings is 1. The number of alkyl halides is 6. The monoisotopic (exact) mass is 394 g/mol. The first-order valence-electron chi connectivity index (χ1n) is 5.48. The van der Waals surface area contributed by atoms with Gasteiger partial charge in [0.1, 0.15) is 5.75 Å². The van der Waals surface area contributed by atoms with Crippen molar-refractivity contribution in [3.05, 3.63) is 29.8 Å². The van der Waals surface area contributed by atoms with Crippen molar-refractivity contribution in [2.45, 2.75) is 29.4 Å². The van der Waals surface area contributed by atoms with Crippen LogP contribution < -0.4 is 4.74 Å². The minimum Gasteiger partial charge on any atom is -0.494 e. The zero-order valence-corrected chi connectivity index (χ0v) is 12.0. The van der Waals surface area contributed by atoms with Gasteiger partial charge in [-0.2, -0.15) is 22.0 Å². The van der Waals surface area contributed by atoms with E-state index in [1.54, 1.807) is 18.2 Å². The molecule has 1 rings (SSSR count). The van der Waals surface area contributed by atoms with E-state index in [9.17, 15) is 22.0 Å². The Labute approximate surface area is 121 Å². The Hall–Kier alpha value is -0.600. The molecule has 108 valence electrons. The molecular formula is C12H12F5IO. The molecule has 1 aromatic carbocycles. The minimum atomic E-state index is -5.49. The highest BCUT2D eigenvalue weighted by molar-refractivity contribution is 14.1. The number of rotatable bonds is 6. The molecule has 0 atom stereocenters. The van der Waals surface area contributed by atoms with Gasteiger partial charge in [-0.05, 0) is 24.1 Å². The maximum Gasteiger partial charge on any atom is 0.453 e. The van der Waals surface area contributed by atoms with Gasteiger partial charge in [0.2, 0.25) is 0 Å². The molecule has 0 fully saturated rings. The van der Waals surface area contributed by atoms with Crippen molar-refractivity contribution in [1.29, 1.82) is 0 Å². The standard InChI is InChI=1S/C12H12F5IO/c13-11(14,12(15,16)17)5-2-6-19-10-4-1-3-9(7-10)8-18/h1,3-4,7H,2,5-6,8H2. The number of halogens is 6. The van der Waals surface area contributed by atoms with E-state index in [1.807, 2.05) is 6.07 Å². The Kier molecular flexibility index (Phi) is 5.82. The van der Waals surface area contributed by atoms with Crippen LogP contribution >= 0.6 is 22.6 Å². The first kappa shape index (κ1) is 16.5. The quantitative estimate of drug-likeness (QED) is 0.286. The van der Waals surface area contributed by atoms with Gasteiger partial charge in [-0.15, -0.1) is 0 Å². The van der Waals surface area contributed by atoms with Gasteiger partial charge in [0.05, 0.1) is 6.61 Å². The van der Waals surface area contributed by atoms with Crippen molar-refractivity contribution >= 4 is 22.6 Å². The second-order valence-electron chi connectivity index (χ2n) is 3.94. The van der Waals surface area contributed by atoms with Crippen LogP contribution in [0.5, 0.6) is 5.75 Å². The molecule has 0 saturated carbocycles. The molecule has 1 nitrogen and oxygen atoms in total. The predicted molar refractivity (Wildman–Crippen MR) is 69.9 cm³/mol. The average molecular weight is 394 g/mol. The molecule has 0 bridgehead atoms. The fourth-order valence-corrected chi connectivity index (χ4v) is 1.82. The molecule has 1 aromatic rings. The van der Waals surface area contributed by atoms with E-state index in [0.29, 0.717) is 5.75 Å². The Morgan fingerprint density at radius 1 is 1.11 bits per heavy atom. The molecule has 19 heavy (non-hydrogen) atoms. The van der Waals surface area contributed by atoms with E-state index in [1.165, 1.54) is 0 Å². The highest BCUT2D eigenvalue weighted by Gasteiger charge is 2.56. The van der Waals surface area contributed by atoms with Crippen molar-refractivity contribution in [3.63, 3.8) is 0 Å². The molecular weight excluding hydrogens is 382 g/mol. The van der Waals surface area contributed by atoms with Crippen LogP contribution in [-0.4, -0.2) is 18.7 Å². The van der Waals surface area contributed by atoms with E-state index < -0.39 is 18.5 Å². The van der Waals surface area contributed by atoms with E-state index in [4.69, 9.17) is 4.74 Å². The van der Waals surface area contributed by atoms with Crippen molar-refractivity contribution in [2.75, 3.05) is 6.61 Å². The number of hydrogen-bond donors (Lipinski definition) is 0. The fourth-order valence-electron chi connectivity index (χ4n) is 1.34. The Morgan fingerprint density at radius 3 is 2.37 bits per heavy atom. The summed E-state index contributed by atoms with van der Waals surface area (Å²) in [4.78, 5) is 0. The largest absolute Gasteiger partial charge is 0.494 e. The normalized spacial score (nSPS) is 12.5. The third-order valence-corrected chi connectivity index (χ3v) is 3.25. The molecule has 0 aliphatic carbocycles. The van der Waals surface area contributed by atoms with Gasteiger partial charge >= 0.3 is 12.1 Å². The van der Waals surface area contributed by atoms with Gasteiger partial charge in [-0.25, -0.2) is 0 Å². The fraction of sp³-hybridized carbons (Fsp3) is 0.500. The average Bonchev–Trinajstić information content (AvgIpc) is 2.33. The molecule has 0 radical (unpaired) electrons. The van der Waals surface area contributed by atoms with Crippen molar-refractivity contribution < 1.29 is 26.7 Å². The lowest BCUT2D eigenvalue weighted by atomic mass is 10.2.